The molecular weight excluding hydrogens is 230 g/mol. The highest BCUT2D eigenvalue weighted by atomic mass is 16.4. The van der Waals surface area contributed by atoms with Crippen molar-refractivity contribution in [2.45, 2.75) is 31.4 Å². The lowest BCUT2D eigenvalue weighted by Gasteiger charge is -2.38. The Morgan fingerprint density at radius 3 is 2.33 bits per heavy atom. The van der Waals surface area contributed by atoms with E-state index in [1.54, 1.807) is 0 Å². The first kappa shape index (κ1) is 13.1. The molecule has 1 aromatic rings. The predicted octanol–water partition coefficient (Wildman–Crippen LogP) is 1.66. The van der Waals surface area contributed by atoms with E-state index in [2.05, 4.69) is 0 Å². The van der Waals surface area contributed by atoms with Crippen LogP contribution in [0.5, 0.6) is 0 Å². The van der Waals surface area contributed by atoms with Crippen LogP contribution < -0.4 is 0 Å². The Kier molecular flexibility index (Phi) is 3.68. The average molecular weight is 249 g/mol. The van der Waals surface area contributed by atoms with Gasteiger partial charge in [-0.2, -0.15) is 0 Å². The van der Waals surface area contributed by atoms with Gasteiger partial charge in [-0.1, -0.05) is 30.3 Å². The molecule has 4 heteroatoms. The van der Waals surface area contributed by atoms with Gasteiger partial charge in [0.15, 0.2) is 0 Å². The number of carboxylic acids is 1. The van der Waals surface area contributed by atoms with E-state index in [0.717, 1.165) is 5.56 Å². The summed E-state index contributed by atoms with van der Waals surface area (Å²) in [4.78, 5) is 13.4. The minimum atomic E-state index is -0.831. The molecular formula is C14H19NO3. The predicted molar refractivity (Wildman–Crippen MR) is 68.2 cm³/mol. The number of benzene rings is 1. The van der Waals surface area contributed by atoms with Gasteiger partial charge in [0.25, 0.3) is 0 Å². The average Bonchev–Trinajstić information content (AvgIpc) is 2.33. The van der Waals surface area contributed by atoms with Gasteiger partial charge in [0, 0.05) is 13.1 Å². The second kappa shape index (κ2) is 5.08. The van der Waals surface area contributed by atoms with Crippen LogP contribution in [0.15, 0.2) is 30.3 Å². The number of hydrogen-bond donors (Lipinski definition) is 2. The number of nitrogens with zero attached hydrogens (tertiary/aromatic N) is 1. The van der Waals surface area contributed by atoms with Gasteiger partial charge in [-0.15, -0.1) is 0 Å². The smallest absolute Gasteiger partial charge is 0.325 e. The van der Waals surface area contributed by atoms with E-state index in [9.17, 15) is 15.0 Å². The molecule has 1 aromatic carbocycles. The van der Waals surface area contributed by atoms with Crippen molar-refractivity contribution in [3.05, 3.63) is 35.9 Å². The summed E-state index contributed by atoms with van der Waals surface area (Å²) in [5.74, 6) is -0.831. The third kappa shape index (κ3) is 2.89. The Bertz CT molecular complexity index is 406. The van der Waals surface area contributed by atoms with E-state index >= 15 is 0 Å². The van der Waals surface area contributed by atoms with Gasteiger partial charge in [-0.3, -0.25) is 9.69 Å². The Balaban J connectivity index is 2.15. The van der Waals surface area contributed by atoms with Crippen molar-refractivity contribution in [3.8, 4) is 0 Å². The largest absolute Gasteiger partial charge is 0.480 e. The summed E-state index contributed by atoms with van der Waals surface area (Å²) >= 11 is 0. The van der Waals surface area contributed by atoms with Crippen LogP contribution in [0.1, 0.15) is 31.4 Å². The van der Waals surface area contributed by atoms with Crippen LogP contribution in [0.2, 0.25) is 0 Å². The maximum absolute atomic E-state index is 11.5. The molecule has 0 unspecified atom stereocenters. The minimum absolute atomic E-state index is 0.609. The maximum atomic E-state index is 11.5. The molecule has 1 heterocycles. The maximum Gasteiger partial charge on any atom is 0.325 e. The van der Waals surface area contributed by atoms with Crippen LogP contribution in [0.4, 0.5) is 0 Å². The Morgan fingerprint density at radius 1 is 1.28 bits per heavy atom. The molecule has 1 saturated heterocycles. The number of rotatable bonds is 3. The van der Waals surface area contributed by atoms with Gasteiger partial charge in [-0.25, -0.2) is 0 Å². The quantitative estimate of drug-likeness (QED) is 0.855. The van der Waals surface area contributed by atoms with Crippen molar-refractivity contribution in [1.29, 1.82) is 0 Å². The molecule has 0 aliphatic carbocycles. The van der Waals surface area contributed by atoms with E-state index in [0.29, 0.717) is 25.9 Å². The van der Waals surface area contributed by atoms with Crippen molar-refractivity contribution in [2.75, 3.05) is 13.1 Å². The highest BCUT2D eigenvalue weighted by Crippen LogP contribution is 2.28. The molecule has 1 aliphatic heterocycles. The Labute approximate surface area is 107 Å². The minimum Gasteiger partial charge on any atom is -0.480 e. The van der Waals surface area contributed by atoms with Crippen molar-refractivity contribution < 1.29 is 15.0 Å². The lowest BCUT2D eigenvalue weighted by molar-refractivity contribution is -0.145. The van der Waals surface area contributed by atoms with Crippen molar-refractivity contribution >= 4 is 5.97 Å². The van der Waals surface area contributed by atoms with Gasteiger partial charge in [0.1, 0.15) is 6.04 Å². The van der Waals surface area contributed by atoms with Crippen LogP contribution in [-0.2, 0) is 4.79 Å². The summed E-state index contributed by atoms with van der Waals surface area (Å²) in [5.41, 5.74) is 0.141. The van der Waals surface area contributed by atoms with E-state index in [-0.39, 0.29) is 0 Å². The second-order valence-electron chi connectivity index (χ2n) is 5.18. The first-order valence-electron chi connectivity index (χ1n) is 6.24. The van der Waals surface area contributed by atoms with E-state index in [1.165, 1.54) is 0 Å². The van der Waals surface area contributed by atoms with Crippen LogP contribution >= 0.6 is 0 Å². The fourth-order valence-corrected chi connectivity index (χ4v) is 2.41. The summed E-state index contributed by atoms with van der Waals surface area (Å²) in [5, 5.41) is 19.3. The van der Waals surface area contributed by atoms with E-state index in [1.807, 2.05) is 42.2 Å². The summed E-state index contributed by atoms with van der Waals surface area (Å²) in [6.45, 7) is 3.03. The van der Waals surface area contributed by atoms with E-state index in [4.69, 9.17) is 0 Å². The van der Waals surface area contributed by atoms with Crippen molar-refractivity contribution in [2.24, 2.45) is 0 Å². The zero-order valence-corrected chi connectivity index (χ0v) is 10.5. The van der Waals surface area contributed by atoms with E-state index < -0.39 is 17.6 Å². The first-order chi connectivity index (χ1) is 8.49. The van der Waals surface area contributed by atoms with Crippen molar-refractivity contribution in [3.63, 3.8) is 0 Å². The van der Waals surface area contributed by atoms with Crippen molar-refractivity contribution in [1.82, 2.24) is 4.90 Å². The monoisotopic (exact) mass is 249 g/mol. The fourth-order valence-electron chi connectivity index (χ4n) is 2.41. The highest BCUT2D eigenvalue weighted by molar-refractivity contribution is 5.75. The van der Waals surface area contributed by atoms with Gasteiger partial charge in [-0.05, 0) is 25.3 Å². The van der Waals surface area contributed by atoms with Gasteiger partial charge < -0.3 is 10.2 Å². The first-order valence-corrected chi connectivity index (χ1v) is 6.24. The molecule has 0 spiro atoms. The number of aliphatic carboxylic acids is 1. The zero-order chi connectivity index (χ0) is 13.2. The van der Waals surface area contributed by atoms with Crippen LogP contribution in [-0.4, -0.2) is 39.8 Å². The van der Waals surface area contributed by atoms with Crippen LogP contribution in [0.25, 0.3) is 0 Å². The molecule has 2 N–H and O–H groups in total. The summed E-state index contributed by atoms with van der Waals surface area (Å²) in [6, 6.07) is 8.65. The third-order valence-corrected chi connectivity index (χ3v) is 3.59. The number of carboxylic acid groups (broad SMARTS) is 1. The molecule has 1 fully saturated rings. The number of likely N-dealkylation sites (tertiary alicyclic amines) is 1. The third-order valence-electron chi connectivity index (χ3n) is 3.59. The summed E-state index contributed by atoms with van der Waals surface area (Å²) in [7, 11) is 0. The molecule has 0 bridgehead atoms. The van der Waals surface area contributed by atoms with Crippen LogP contribution in [0.3, 0.4) is 0 Å². The lowest BCUT2D eigenvalue weighted by Crippen LogP contribution is -2.45. The topological polar surface area (TPSA) is 60.8 Å². The number of piperidine rings is 1. The molecule has 2 rings (SSSR count). The number of hydrogen-bond acceptors (Lipinski definition) is 3. The zero-order valence-electron chi connectivity index (χ0n) is 10.5. The molecule has 4 nitrogen and oxygen atoms in total. The normalized spacial score (nSPS) is 21.4. The van der Waals surface area contributed by atoms with Crippen LogP contribution in [0, 0.1) is 0 Å². The van der Waals surface area contributed by atoms with Gasteiger partial charge in [0.2, 0.25) is 0 Å². The SMILES string of the molecule is CC1(O)CCN([C@H](C(=O)O)c2ccccc2)CC1. The highest BCUT2D eigenvalue weighted by Gasteiger charge is 2.34. The summed E-state index contributed by atoms with van der Waals surface area (Å²) < 4.78 is 0. The Hall–Kier alpha value is -1.39. The molecule has 18 heavy (non-hydrogen) atoms. The van der Waals surface area contributed by atoms with Gasteiger partial charge >= 0.3 is 5.97 Å². The number of carbonyl (C=O) groups is 1. The molecule has 1 atom stereocenters. The lowest BCUT2D eigenvalue weighted by atomic mass is 9.92. The molecule has 0 radical (unpaired) electrons. The fraction of sp³-hybridized carbons (Fsp3) is 0.500. The summed E-state index contributed by atoms with van der Waals surface area (Å²) in [6.07, 6.45) is 1.23. The molecule has 0 saturated carbocycles. The Morgan fingerprint density at radius 2 is 1.83 bits per heavy atom. The molecule has 1 aliphatic rings. The molecule has 0 aromatic heterocycles. The van der Waals surface area contributed by atoms with Gasteiger partial charge in [0.05, 0.1) is 5.60 Å². The molecule has 98 valence electrons. The standard InChI is InChI=1S/C14H19NO3/c1-14(18)7-9-15(10-8-14)12(13(16)17)11-5-3-2-4-6-11/h2-6,12,18H,7-10H2,1H3,(H,16,17)/t12-/m0/s1. The number of aliphatic hydroxyl groups is 1. The molecule has 0 amide bonds. The second-order valence-corrected chi connectivity index (χ2v) is 5.18.